The van der Waals surface area contributed by atoms with Gasteiger partial charge < -0.3 is 19.5 Å². The number of carbonyl (C=O) groups excluding carboxylic acids is 1. The third-order valence-electron chi connectivity index (χ3n) is 7.42. The molecule has 0 aliphatic carbocycles. The topological polar surface area (TPSA) is 96.4 Å². The number of rotatable bonds is 3. The van der Waals surface area contributed by atoms with Crippen LogP contribution in [-0.4, -0.2) is 62.1 Å². The molecule has 2 atom stereocenters. The zero-order chi connectivity index (χ0) is 25.1. The molecule has 2 aromatic heterocycles. The number of hydrogen-bond acceptors (Lipinski definition) is 6. The maximum absolute atomic E-state index is 13.3. The molecule has 1 fully saturated rings. The summed E-state index contributed by atoms with van der Waals surface area (Å²) in [7, 11) is 0. The number of H-pyrrole nitrogens is 1. The molecule has 2 aromatic carbocycles. The molecule has 0 radical (unpaired) electrons. The summed E-state index contributed by atoms with van der Waals surface area (Å²) >= 11 is 0. The number of carbonyl (C=O) groups is 1. The Labute approximate surface area is 208 Å². The zero-order valence-corrected chi connectivity index (χ0v) is 20.6. The zero-order valence-electron chi connectivity index (χ0n) is 20.6. The molecule has 0 spiro atoms. The van der Waals surface area contributed by atoms with Gasteiger partial charge in [0.05, 0.1) is 29.4 Å². The van der Waals surface area contributed by atoms with E-state index in [9.17, 15) is 9.59 Å². The normalized spacial score (nSPS) is 19.5. The molecule has 1 amide bonds. The van der Waals surface area contributed by atoms with E-state index in [4.69, 9.17) is 4.74 Å². The number of benzene rings is 2. The number of nitrogens with one attached hydrogen (secondary N) is 1. The van der Waals surface area contributed by atoms with Crippen molar-refractivity contribution in [2.24, 2.45) is 0 Å². The maximum Gasteiger partial charge on any atom is 0.350 e. The average molecular weight is 485 g/mol. The summed E-state index contributed by atoms with van der Waals surface area (Å²) in [5.41, 5.74) is 5.25. The van der Waals surface area contributed by atoms with Gasteiger partial charge in [-0.25, -0.2) is 9.78 Å². The number of aromatic nitrogens is 4. The van der Waals surface area contributed by atoms with Crippen LogP contribution in [0.5, 0.6) is 5.75 Å². The minimum absolute atomic E-state index is 0.0249. The Kier molecular flexibility index (Phi) is 5.10. The number of ether oxygens (including phenoxy) is 1. The van der Waals surface area contributed by atoms with Crippen LogP contribution in [0.15, 0.2) is 48.0 Å². The third kappa shape index (κ3) is 3.22. The summed E-state index contributed by atoms with van der Waals surface area (Å²) < 4.78 is 7.98. The Bertz CT molecular complexity index is 1600. The van der Waals surface area contributed by atoms with Crippen molar-refractivity contribution in [2.75, 3.05) is 24.6 Å². The molecule has 9 heteroatoms. The lowest BCUT2D eigenvalue weighted by molar-refractivity contribution is -0.128. The second-order valence-electron chi connectivity index (χ2n) is 9.66. The van der Waals surface area contributed by atoms with Crippen molar-refractivity contribution >= 4 is 33.7 Å². The fourth-order valence-electron chi connectivity index (χ4n) is 5.63. The van der Waals surface area contributed by atoms with Gasteiger partial charge in [-0.1, -0.05) is 12.6 Å². The number of aromatic amines is 1. The number of anilines is 1. The van der Waals surface area contributed by atoms with Gasteiger partial charge in [-0.05, 0) is 50.6 Å². The summed E-state index contributed by atoms with van der Waals surface area (Å²) in [6.45, 7) is 11.7. The largest absolute Gasteiger partial charge is 0.489 e. The number of fused-ring (bicyclic) bond motifs is 1. The van der Waals surface area contributed by atoms with Crippen LogP contribution < -0.4 is 15.3 Å². The molecule has 1 saturated heterocycles. The molecule has 0 bridgehead atoms. The molecule has 4 aromatic rings. The first-order chi connectivity index (χ1) is 17.4. The van der Waals surface area contributed by atoms with Crippen molar-refractivity contribution in [2.45, 2.75) is 39.4 Å². The third-order valence-corrected chi connectivity index (χ3v) is 7.42. The molecular formula is C27H28N6O3. The van der Waals surface area contributed by atoms with Gasteiger partial charge in [-0.2, -0.15) is 4.98 Å². The standard InChI is InChI=1S/C27H28N6O3/c1-5-21(34)32-12-17(4)33(13-16(32)3)26-19-8-7-18(22-15(2)6-9-20-23(22)29-14-28-20)25-24(19)31(10-11-36-25)27(35)30-26/h5-9,14,16-17H,1,10-13H2,2-4H3,(H,28,29)/t16-,17+/m1/s1. The fraction of sp³-hybridized carbons (Fsp3) is 0.333. The second kappa shape index (κ2) is 8.22. The lowest BCUT2D eigenvalue weighted by Crippen LogP contribution is -2.58. The Balaban J connectivity index is 1.55. The van der Waals surface area contributed by atoms with E-state index in [0.29, 0.717) is 37.8 Å². The first-order valence-electron chi connectivity index (χ1n) is 12.2. The highest BCUT2D eigenvalue weighted by Gasteiger charge is 2.34. The van der Waals surface area contributed by atoms with E-state index in [2.05, 4.69) is 39.4 Å². The van der Waals surface area contributed by atoms with Crippen molar-refractivity contribution in [3.63, 3.8) is 0 Å². The number of nitrogens with zero attached hydrogens (tertiary/aromatic N) is 5. The highest BCUT2D eigenvalue weighted by atomic mass is 16.5. The summed E-state index contributed by atoms with van der Waals surface area (Å²) in [4.78, 5) is 41.9. The first kappa shape index (κ1) is 22.3. The van der Waals surface area contributed by atoms with E-state index in [0.717, 1.165) is 38.6 Å². The van der Waals surface area contributed by atoms with E-state index in [1.54, 1.807) is 10.9 Å². The molecule has 2 aliphatic heterocycles. The molecule has 1 N–H and O–H groups in total. The highest BCUT2D eigenvalue weighted by Crippen LogP contribution is 2.43. The molecule has 0 saturated carbocycles. The van der Waals surface area contributed by atoms with Crippen LogP contribution in [0, 0.1) is 6.92 Å². The smallest absolute Gasteiger partial charge is 0.350 e. The predicted octanol–water partition coefficient (Wildman–Crippen LogP) is 3.25. The maximum atomic E-state index is 13.3. The van der Waals surface area contributed by atoms with Crippen molar-refractivity contribution in [1.82, 2.24) is 24.4 Å². The van der Waals surface area contributed by atoms with Crippen LogP contribution in [0.2, 0.25) is 0 Å². The molecule has 2 aliphatic rings. The van der Waals surface area contributed by atoms with Gasteiger partial charge >= 0.3 is 5.69 Å². The predicted molar refractivity (Wildman–Crippen MR) is 140 cm³/mol. The number of imidazole rings is 1. The Hall–Kier alpha value is -4.14. The van der Waals surface area contributed by atoms with Crippen molar-refractivity contribution in [1.29, 1.82) is 0 Å². The molecule has 36 heavy (non-hydrogen) atoms. The van der Waals surface area contributed by atoms with Crippen LogP contribution >= 0.6 is 0 Å². The fourth-order valence-corrected chi connectivity index (χ4v) is 5.63. The Morgan fingerprint density at radius 1 is 1.19 bits per heavy atom. The van der Waals surface area contributed by atoms with Gasteiger partial charge in [0, 0.05) is 41.7 Å². The van der Waals surface area contributed by atoms with Crippen LogP contribution in [0.1, 0.15) is 19.4 Å². The van der Waals surface area contributed by atoms with Crippen molar-refractivity contribution in [3.8, 4) is 16.9 Å². The number of amides is 1. The molecule has 184 valence electrons. The van der Waals surface area contributed by atoms with E-state index >= 15 is 0 Å². The summed E-state index contributed by atoms with van der Waals surface area (Å²) in [6.07, 6.45) is 3.05. The average Bonchev–Trinajstić information content (AvgIpc) is 3.36. The van der Waals surface area contributed by atoms with Crippen molar-refractivity contribution in [3.05, 3.63) is 59.3 Å². The van der Waals surface area contributed by atoms with Gasteiger partial charge in [0.1, 0.15) is 12.4 Å². The number of hydrogen-bond donors (Lipinski definition) is 1. The highest BCUT2D eigenvalue weighted by molar-refractivity contribution is 6.03. The number of aryl methyl sites for hydroxylation is 1. The van der Waals surface area contributed by atoms with E-state index < -0.39 is 0 Å². The van der Waals surface area contributed by atoms with E-state index in [1.165, 1.54) is 6.08 Å². The van der Waals surface area contributed by atoms with Gasteiger partial charge in [0.15, 0.2) is 5.75 Å². The van der Waals surface area contributed by atoms with Crippen LogP contribution in [-0.2, 0) is 11.3 Å². The Morgan fingerprint density at radius 3 is 2.83 bits per heavy atom. The van der Waals surface area contributed by atoms with E-state index in [1.807, 2.05) is 36.9 Å². The molecule has 0 unspecified atom stereocenters. The van der Waals surface area contributed by atoms with Gasteiger partial charge in [0.25, 0.3) is 0 Å². The second-order valence-corrected chi connectivity index (χ2v) is 9.66. The minimum Gasteiger partial charge on any atom is -0.489 e. The molecular weight excluding hydrogens is 456 g/mol. The first-order valence-corrected chi connectivity index (χ1v) is 12.2. The lowest BCUT2D eigenvalue weighted by atomic mass is 9.96. The van der Waals surface area contributed by atoms with Crippen molar-refractivity contribution < 1.29 is 9.53 Å². The minimum atomic E-state index is -0.293. The van der Waals surface area contributed by atoms with Crippen LogP contribution in [0.25, 0.3) is 33.1 Å². The van der Waals surface area contributed by atoms with Crippen LogP contribution in [0.3, 0.4) is 0 Å². The monoisotopic (exact) mass is 484 g/mol. The summed E-state index contributed by atoms with van der Waals surface area (Å²) in [5.74, 6) is 1.23. The lowest BCUT2D eigenvalue weighted by Gasteiger charge is -2.44. The molecule has 4 heterocycles. The molecule has 9 nitrogen and oxygen atoms in total. The van der Waals surface area contributed by atoms with Gasteiger partial charge in [0.2, 0.25) is 5.91 Å². The quantitative estimate of drug-likeness (QED) is 0.449. The summed E-state index contributed by atoms with van der Waals surface area (Å²) in [5, 5.41) is 0.863. The molecule has 6 rings (SSSR count). The van der Waals surface area contributed by atoms with Gasteiger partial charge in [-0.3, -0.25) is 9.36 Å². The number of piperazine rings is 1. The van der Waals surface area contributed by atoms with Gasteiger partial charge in [-0.15, -0.1) is 0 Å². The van der Waals surface area contributed by atoms with Crippen LogP contribution in [0.4, 0.5) is 5.82 Å². The SMILES string of the molecule is C=CC(=O)N1C[C@H](C)N(c2nc(=O)n3c4c(c(-c5c(C)ccc6[nH]cnc56)ccc24)OCC3)C[C@H]1C. The summed E-state index contributed by atoms with van der Waals surface area (Å²) in [6, 6.07) is 8.09. The van der Waals surface area contributed by atoms with E-state index in [-0.39, 0.29) is 23.7 Å². The Morgan fingerprint density at radius 2 is 2.03 bits per heavy atom.